The highest BCUT2D eigenvalue weighted by Crippen LogP contribution is 2.07. The first-order valence-electron chi connectivity index (χ1n) is 3.38. The summed E-state index contributed by atoms with van der Waals surface area (Å²) in [6.45, 7) is 7.76. The molecule has 0 saturated carbocycles. The molecule has 0 saturated heterocycles. The minimum atomic E-state index is 0.341. The van der Waals surface area contributed by atoms with Gasteiger partial charge >= 0.3 is 0 Å². The maximum absolute atomic E-state index is 5.56. The zero-order valence-electron chi connectivity index (χ0n) is 6.84. The SMILES string of the molecule is C=C(/N=C\C(Cl)=C/N)C(C)C. The van der Waals surface area contributed by atoms with Crippen LogP contribution in [0.2, 0.25) is 0 Å². The summed E-state index contributed by atoms with van der Waals surface area (Å²) in [6.07, 6.45) is 2.78. The van der Waals surface area contributed by atoms with Crippen molar-refractivity contribution >= 4 is 17.8 Å². The Labute approximate surface area is 72.5 Å². The lowest BCUT2D eigenvalue weighted by atomic mass is 10.2. The van der Waals surface area contributed by atoms with Crippen LogP contribution < -0.4 is 5.73 Å². The van der Waals surface area contributed by atoms with Crippen LogP contribution in [-0.2, 0) is 0 Å². The highest BCUT2D eigenvalue weighted by molar-refractivity contribution is 6.39. The molecule has 0 aromatic heterocycles. The number of rotatable bonds is 3. The van der Waals surface area contributed by atoms with Crippen LogP contribution in [0.1, 0.15) is 13.8 Å². The van der Waals surface area contributed by atoms with Crippen LogP contribution in [0.5, 0.6) is 0 Å². The van der Waals surface area contributed by atoms with Gasteiger partial charge in [0.2, 0.25) is 0 Å². The van der Waals surface area contributed by atoms with Crippen LogP contribution in [0.3, 0.4) is 0 Å². The number of nitrogens with zero attached hydrogens (tertiary/aromatic N) is 1. The highest BCUT2D eigenvalue weighted by Gasteiger charge is 1.95. The second-order valence-electron chi connectivity index (χ2n) is 2.46. The molecule has 0 aromatic rings. The van der Waals surface area contributed by atoms with Gasteiger partial charge in [-0.3, -0.25) is 4.99 Å². The predicted octanol–water partition coefficient (Wildman–Crippen LogP) is 2.27. The van der Waals surface area contributed by atoms with Gasteiger partial charge in [0.05, 0.1) is 5.03 Å². The molecule has 2 nitrogen and oxygen atoms in total. The van der Waals surface area contributed by atoms with Gasteiger partial charge in [0.15, 0.2) is 0 Å². The van der Waals surface area contributed by atoms with Crippen molar-refractivity contribution < 1.29 is 0 Å². The molecule has 0 fully saturated rings. The summed E-state index contributed by atoms with van der Waals surface area (Å²) in [7, 11) is 0. The third-order valence-electron chi connectivity index (χ3n) is 1.18. The molecule has 0 aromatic carbocycles. The number of hydrogen-bond donors (Lipinski definition) is 1. The van der Waals surface area contributed by atoms with E-state index in [1.165, 1.54) is 12.4 Å². The van der Waals surface area contributed by atoms with E-state index in [0.717, 1.165) is 5.70 Å². The number of hydrogen-bond acceptors (Lipinski definition) is 2. The maximum atomic E-state index is 5.56. The quantitative estimate of drug-likeness (QED) is 0.652. The Morgan fingerprint density at radius 2 is 2.18 bits per heavy atom. The fourth-order valence-corrected chi connectivity index (χ4v) is 0.385. The summed E-state index contributed by atoms with van der Waals surface area (Å²) in [5, 5.41) is 0.423. The molecule has 2 N–H and O–H groups in total. The van der Waals surface area contributed by atoms with Crippen molar-refractivity contribution in [3.8, 4) is 0 Å². The van der Waals surface area contributed by atoms with Crippen molar-refractivity contribution in [3.05, 3.63) is 23.5 Å². The molecule has 0 atom stereocenters. The van der Waals surface area contributed by atoms with Crippen LogP contribution in [-0.4, -0.2) is 6.21 Å². The summed E-state index contributed by atoms with van der Waals surface area (Å²) < 4.78 is 0. The number of nitrogens with two attached hydrogens (primary N) is 1. The zero-order chi connectivity index (χ0) is 8.85. The van der Waals surface area contributed by atoms with Gasteiger partial charge in [-0.25, -0.2) is 0 Å². The van der Waals surface area contributed by atoms with Gasteiger partial charge in [-0.05, 0) is 5.92 Å². The van der Waals surface area contributed by atoms with Crippen LogP contribution >= 0.6 is 11.6 Å². The van der Waals surface area contributed by atoms with Crippen molar-refractivity contribution in [2.24, 2.45) is 16.6 Å². The van der Waals surface area contributed by atoms with E-state index < -0.39 is 0 Å². The summed E-state index contributed by atoms with van der Waals surface area (Å²) >= 11 is 5.56. The monoisotopic (exact) mass is 172 g/mol. The lowest BCUT2D eigenvalue weighted by molar-refractivity contribution is 0.763. The van der Waals surface area contributed by atoms with E-state index in [2.05, 4.69) is 11.6 Å². The minimum Gasteiger partial charge on any atom is -0.403 e. The Balaban J connectivity index is 4.04. The average Bonchev–Trinajstić information content (AvgIpc) is 1.99. The van der Waals surface area contributed by atoms with Gasteiger partial charge in [-0.2, -0.15) is 0 Å². The van der Waals surface area contributed by atoms with Crippen LogP contribution in [0, 0.1) is 5.92 Å². The largest absolute Gasteiger partial charge is 0.403 e. The molecule has 0 radical (unpaired) electrons. The summed E-state index contributed by atoms with van der Waals surface area (Å²) in [6, 6.07) is 0. The Morgan fingerprint density at radius 3 is 2.55 bits per heavy atom. The van der Waals surface area contributed by atoms with Crippen molar-refractivity contribution in [1.29, 1.82) is 0 Å². The van der Waals surface area contributed by atoms with Gasteiger partial charge in [0, 0.05) is 18.1 Å². The van der Waals surface area contributed by atoms with E-state index in [-0.39, 0.29) is 0 Å². The van der Waals surface area contributed by atoms with Crippen molar-refractivity contribution in [3.63, 3.8) is 0 Å². The molecule has 0 aliphatic heterocycles. The molecule has 11 heavy (non-hydrogen) atoms. The van der Waals surface area contributed by atoms with E-state index >= 15 is 0 Å². The molecular formula is C8H13ClN2. The van der Waals surface area contributed by atoms with Crippen molar-refractivity contribution in [2.45, 2.75) is 13.8 Å². The molecule has 0 aliphatic carbocycles. The molecular weight excluding hydrogens is 160 g/mol. The second-order valence-corrected chi connectivity index (χ2v) is 2.89. The molecule has 0 spiro atoms. The smallest absolute Gasteiger partial charge is 0.0743 e. The number of allylic oxidation sites excluding steroid dienone is 2. The van der Waals surface area contributed by atoms with Gasteiger partial charge in [-0.15, -0.1) is 0 Å². The first-order chi connectivity index (χ1) is 5.07. The first-order valence-corrected chi connectivity index (χ1v) is 3.76. The van der Waals surface area contributed by atoms with Gasteiger partial charge in [0.25, 0.3) is 0 Å². The van der Waals surface area contributed by atoms with Crippen molar-refractivity contribution in [1.82, 2.24) is 0 Å². The van der Waals surface area contributed by atoms with E-state index in [4.69, 9.17) is 17.3 Å². The molecule has 3 heteroatoms. The standard InChI is InChI=1S/C8H13ClN2/c1-6(2)7(3)11-5-8(9)4-10/h4-6H,3,10H2,1-2H3/b8-4+,11-5-. The maximum Gasteiger partial charge on any atom is 0.0743 e. The van der Waals surface area contributed by atoms with E-state index in [1.54, 1.807) is 0 Å². The summed E-state index contributed by atoms with van der Waals surface area (Å²) in [4.78, 5) is 3.99. The van der Waals surface area contributed by atoms with Crippen LogP contribution in [0.25, 0.3) is 0 Å². The molecule has 0 unspecified atom stereocenters. The Morgan fingerprint density at radius 1 is 1.64 bits per heavy atom. The Bertz CT molecular complexity index is 192. The minimum absolute atomic E-state index is 0.341. The molecule has 0 amide bonds. The average molecular weight is 173 g/mol. The fraction of sp³-hybridized carbons (Fsp3) is 0.375. The molecule has 62 valence electrons. The van der Waals surface area contributed by atoms with Gasteiger partial charge in [0.1, 0.15) is 0 Å². The number of halogens is 1. The molecule has 0 heterocycles. The topological polar surface area (TPSA) is 38.4 Å². The third kappa shape index (κ3) is 4.62. The Kier molecular flexibility index (Phi) is 4.62. The van der Waals surface area contributed by atoms with E-state index in [1.807, 2.05) is 13.8 Å². The lowest BCUT2D eigenvalue weighted by Gasteiger charge is -2.00. The number of aliphatic imine (C=N–C) groups is 1. The Hall–Kier alpha value is -0.760. The third-order valence-corrected chi connectivity index (χ3v) is 1.40. The molecule has 0 bridgehead atoms. The lowest BCUT2D eigenvalue weighted by Crippen LogP contribution is -1.90. The highest BCUT2D eigenvalue weighted by atomic mass is 35.5. The second kappa shape index (κ2) is 4.97. The molecule has 0 rings (SSSR count). The molecule has 0 aliphatic rings. The predicted molar refractivity (Wildman–Crippen MR) is 50.6 cm³/mol. The normalized spacial score (nSPS) is 12.9. The van der Waals surface area contributed by atoms with E-state index in [0.29, 0.717) is 11.0 Å². The van der Waals surface area contributed by atoms with Crippen LogP contribution in [0.15, 0.2) is 28.5 Å². The van der Waals surface area contributed by atoms with E-state index in [9.17, 15) is 0 Å². The van der Waals surface area contributed by atoms with Gasteiger partial charge in [-0.1, -0.05) is 32.0 Å². The summed E-state index contributed by atoms with van der Waals surface area (Å²) in [5.41, 5.74) is 5.92. The van der Waals surface area contributed by atoms with Gasteiger partial charge < -0.3 is 5.73 Å². The first kappa shape index (κ1) is 10.2. The fourth-order valence-electron chi connectivity index (χ4n) is 0.337. The van der Waals surface area contributed by atoms with Crippen LogP contribution in [0.4, 0.5) is 0 Å². The van der Waals surface area contributed by atoms with Crippen molar-refractivity contribution in [2.75, 3.05) is 0 Å². The summed E-state index contributed by atoms with van der Waals surface area (Å²) in [5.74, 6) is 0.341. The zero-order valence-corrected chi connectivity index (χ0v) is 7.60.